The van der Waals surface area contributed by atoms with E-state index in [1.54, 1.807) is 0 Å². The summed E-state index contributed by atoms with van der Waals surface area (Å²) in [7, 11) is 0. The fourth-order valence-corrected chi connectivity index (χ4v) is 2.42. The van der Waals surface area contributed by atoms with Crippen LogP contribution in [-0.4, -0.2) is 5.24 Å². The second kappa shape index (κ2) is 2.73. The van der Waals surface area contributed by atoms with Crippen molar-refractivity contribution in [3.8, 4) is 0 Å². The molecule has 0 heterocycles. The maximum atomic E-state index is 11.3. The molecule has 0 spiro atoms. The van der Waals surface area contributed by atoms with Crippen LogP contribution in [0.4, 0.5) is 0 Å². The number of hydrogen-bond donors (Lipinski definition) is 0. The molecule has 1 fully saturated rings. The minimum atomic E-state index is -0.312. The average Bonchev–Trinajstić information content (AvgIpc) is 2.15. The molecule has 1 rings (SSSR count). The van der Waals surface area contributed by atoms with Crippen molar-refractivity contribution in [1.29, 1.82) is 0 Å². The summed E-state index contributed by atoms with van der Waals surface area (Å²) in [5.41, 5.74) is -0.264. The lowest BCUT2D eigenvalue weighted by atomic mass is 9.67. The Morgan fingerprint density at radius 2 is 1.92 bits per heavy atom. The Balaban J connectivity index is 3.01. The third-order valence-corrected chi connectivity index (χ3v) is 4.58. The summed E-state index contributed by atoms with van der Waals surface area (Å²) in [6.45, 7) is 8.48. The highest BCUT2D eigenvalue weighted by atomic mass is 35.5. The lowest BCUT2D eigenvalue weighted by molar-refractivity contribution is -0.124. The first-order valence-corrected chi connectivity index (χ1v) is 4.90. The summed E-state index contributed by atoms with van der Waals surface area (Å²) in [6, 6.07) is 0. The van der Waals surface area contributed by atoms with E-state index in [-0.39, 0.29) is 16.1 Å². The molecule has 70 valence electrons. The van der Waals surface area contributed by atoms with Crippen molar-refractivity contribution in [2.75, 3.05) is 0 Å². The number of carbonyl (C=O) groups excluding carboxylic acids is 1. The Kier molecular flexibility index (Phi) is 2.28. The maximum absolute atomic E-state index is 11.3. The van der Waals surface area contributed by atoms with E-state index in [2.05, 4.69) is 20.8 Å². The smallest absolute Gasteiger partial charge is 0.228 e. The molecule has 12 heavy (non-hydrogen) atoms. The topological polar surface area (TPSA) is 17.1 Å². The maximum Gasteiger partial charge on any atom is 0.228 e. The van der Waals surface area contributed by atoms with Gasteiger partial charge in [0.1, 0.15) is 0 Å². The van der Waals surface area contributed by atoms with Crippen molar-refractivity contribution >= 4 is 16.8 Å². The largest absolute Gasteiger partial charge is 0.281 e. The molecule has 1 nitrogen and oxygen atoms in total. The van der Waals surface area contributed by atoms with Crippen LogP contribution in [0.5, 0.6) is 0 Å². The number of hydrogen-bond acceptors (Lipinski definition) is 1. The molecule has 0 aliphatic heterocycles. The molecule has 0 aromatic heterocycles. The van der Waals surface area contributed by atoms with Gasteiger partial charge in [-0.1, -0.05) is 27.7 Å². The Hall–Kier alpha value is -0.0400. The highest BCUT2D eigenvalue weighted by Crippen LogP contribution is 2.56. The van der Waals surface area contributed by atoms with Gasteiger partial charge < -0.3 is 0 Å². The van der Waals surface area contributed by atoms with Gasteiger partial charge in [0.2, 0.25) is 5.24 Å². The first kappa shape index (κ1) is 10.0. The third-order valence-electron chi connectivity index (χ3n) is 4.17. The van der Waals surface area contributed by atoms with Crippen LogP contribution in [0.3, 0.4) is 0 Å². The quantitative estimate of drug-likeness (QED) is 0.578. The van der Waals surface area contributed by atoms with Crippen LogP contribution in [0, 0.1) is 16.7 Å². The van der Waals surface area contributed by atoms with E-state index in [1.807, 2.05) is 6.92 Å². The minimum absolute atomic E-state index is 0.0475. The molecule has 2 unspecified atom stereocenters. The first-order valence-electron chi connectivity index (χ1n) is 4.52. The van der Waals surface area contributed by atoms with Crippen LogP contribution in [0.25, 0.3) is 0 Å². The Morgan fingerprint density at radius 3 is 2.08 bits per heavy atom. The van der Waals surface area contributed by atoms with E-state index < -0.39 is 0 Å². The van der Waals surface area contributed by atoms with Gasteiger partial charge in [-0.2, -0.15) is 0 Å². The van der Waals surface area contributed by atoms with Gasteiger partial charge in [0.25, 0.3) is 0 Å². The van der Waals surface area contributed by atoms with Gasteiger partial charge in [-0.15, -0.1) is 0 Å². The summed E-state index contributed by atoms with van der Waals surface area (Å²) < 4.78 is 0. The first-order chi connectivity index (χ1) is 5.32. The second-order valence-electron chi connectivity index (χ2n) is 4.77. The van der Waals surface area contributed by atoms with Gasteiger partial charge in [0, 0.05) is 5.41 Å². The third kappa shape index (κ3) is 1.10. The number of carbonyl (C=O) groups is 1. The minimum Gasteiger partial charge on any atom is -0.281 e. The van der Waals surface area contributed by atoms with Gasteiger partial charge in [0.05, 0.1) is 0 Å². The molecule has 1 aliphatic carbocycles. The molecule has 2 heteroatoms. The van der Waals surface area contributed by atoms with Crippen LogP contribution in [-0.2, 0) is 4.79 Å². The molecule has 0 bridgehead atoms. The van der Waals surface area contributed by atoms with Gasteiger partial charge in [-0.25, -0.2) is 0 Å². The normalized spacial score (nSPS) is 39.9. The molecule has 0 radical (unpaired) electrons. The van der Waals surface area contributed by atoms with E-state index >= 15 is 0 Å². The van der Waals surface area contributed by atoms with Crippen LogP contribution in [0.15, 0.2) is 0 Å². The van der Waals surface area contributed by atoms with E-state index in [0.717, 1.165) is 12.8 Å². The zero-order chi connectivity index (χ0) is 9.57. The molecule has 2 atom stereocenters. The Morgan fingerprint density at radius 1 is 1.42 bits per heavy atom. The average molecular weight is 189 g/mol. The zero-order valence-corrected chi connectivity index (χ0v) is 9.03. The summed E-state index contributed by atoms with van der Waals surface area (Å²) in [5.74, 6) is 0.588. The van der Waals surface area contributed by atoms with Crippen LogP contribution >= 0.6 is 11.6 Å². The molecule has 1 aliphatic rings. The van der Waals surface area contributed by atoms with Crippen molar-refractivity contribution in [2.45, 2.75) is 40.5 Å². The molecule has 0 aromatic carbocycles. The lowest BCUT2D eigenvalue weighted by Crippen LogP contribution is -2.37. The summed E-state index contributed by atoms with van der Waals surface area (Å²) >= 11 is 5.64. The summed E-state index contributed by atoms with van der Waals surface area (Å²) in [4.78, 5) is 11.3. The lowest BCUT2D eigenvalue weighted by Gasteiger charge is -2.37. The van der Waals surface area contributed by atoms with Gasteiger partial charge in [0.15, 0.2) is 0 Å². The monoisotopic (exact) mass is 188 g/mol. The van der Waals surface area contributed by atoms with Crippen molar-refractivity contribution in [3.05, 3.63) is 0 Å². The zero-order valence-electron chi connectivity index (χ0n) is 8.28. The Bertz CT molecular complexity index is 210. The molecule has 0 N–H and O–H groups in total. The van der Waals surface area contributed by atoms with Crippen molar-refractivity contribution in [1.82, 2.24) is 0 Å². The number of halogens is 1. The van der Waals surface area contributed by atoms with Crippen LogP contribution < -0.4 is 0 Å². The van der Waals surface area contributed by atoms with Gasteiger partial charge in [-0.3, -0.25) is 4.79 Å². The molecule has 0 aromatic rings. The fraction of sp³-hybridized carbons (Fsp3) is 0.900. The Labute approximate surface area is 79.5 Å². The second-order valence-corrected chi connectivity index (χ2v) is 5.11. The summed E-state index contributed by atoms with van der Waals surface area (Å²) in [6.07, 6.45) is 2.05. The molecule has 0 amide bonds. The van der Waals surface area contributed by atoms with Crippen LogP contribution in [0.1, 0.15) is 40.5 Å². The van der Waals surface area contributed by atoms with Gasteiger partial charge >= 0.3 is 0 Å². The molecule has 1 saturated carbocycles. The molecular weight excluding hydrogens is 172 g/mol. The summed E-state index contributed by atoms with van der Waals surface area (Å²) in [5, 5.41) is -0.170. The van der Waals surface area contributed by atoms with E-state index in [9.17, 15) is 4.79 Å². The fourth-order valence-electron chi connectivity index (χ4n) is 2.08. The molecule has 0 saturated heterocycles. The van der Waals surface area contributed by atoms with E-state index in [0.29, 0.717) is 5.92 Å². The van der Waals surface area contributed by atoms with Crippen molar-refractivity contribution in [3.63, 3.8) is 0 Å². The van der Waals surface area contributed by atoms with Gasteiger partial charge in [-0.05, 0) is 35.8 Å². The van der Waals surface area contributed by atoms with E-state index in [4.69, 9.17) is 11.6 Å². The number of rotatable bonds is 1. The molecular formula is C10H17ClO. The predicted octanol–water partition coefficient (Wildman–Crippen LogP) is 3.21. The van der Waals surface area contributed by atoms with Crippen LogP contribution in [0.2, 0.25) is 0 Å². The highest BCUT2D eigenvalue weighted by molar-refractivity contribution is 6.64. The highest BCUT2D eigenvalue weighted by Gasteiger charge is 2.53. The predicted molar refractivity (Wildman–Crippen MR) is 51.1 cm³/mol. The SMILES string of the molecule is CC1CCC(C)(C(=O)Cl)C1(C)C. The van der Waals surface area contributed by atoms with E-state index in [1.165, 1.54) is 0 Å². The standard InChI is InChI=1S/C10H17ClO/c1-7-5-6-10(4,8(11)12)9(7,2)3/h7H,5-6H2,1-4H3. The van der Waals surface area contributed by atoms with Crippen molar-refractivity contribution in [2.24, 2.45) is 16.7 Å². The van der Waals surface area contributed by atoms with Crippen molar-refractivity contribution < 1.29 is 4.79 Å².